The topological polar surface area (TPSA) is 74.5 Å². The minimum Gasteiger partial charge on any atom is -0.357 e. The zero-order valence-corrected chi connectivity index (χ0v) is 15.1. The number of imidazole rings is 1. The van der Waals surface area contributed by atoms with Crippen molar-refractivity contribution in [1.82, 2.24) is 25.1 Å². The molecule has 0 aromatic carbocycles. The number of aliphatic imine (C=N–C) groups is 1. The van der Waals surface area contributed by atoms with E-state index in [0.29, 0.717) is 6.42 Å². The summed E-state index contributed by atoms with van der Waals surface area (Å²) in [6.45, 7) is 7.45. The third-order valence-corrected chi connectivity index (χ3v) is 4.31. The third kappa shape index (κ3) is 5.54. The minimum atomic E-state index is 0.227. The highest BCUT2D eigenvalue weighted by molar-refractivity contribution is 5.81. The molecule has 7 heteroatoms. The second-order valence-corrected chi connectivity index (χ2v) is 6.29. The molecule has 0 aliphatic carbocycles. The van der Waals surface area contributed by atoms with Crippen molar-refractivity contribution in [1.29, 1.82) is 0 Å². The van der Waals surface area contributed by atoms with Crippen molar-refractivity contribution in [3.8, 4) is 0 Å². The molecule has 134 valence electrons. The Bertz CT molecular complexity index is 553. The molecular formula is C17H30N6O. The Labute approximate surface area is 144 Å². The van der Waals surface area contributed by atoms with E-state index in [4.69, 9.17) is 0 Å². The van der Waals surface area contributed by atoms with E-state index < -0.39 is 0 Å². The fraction of sp³-hybridized carbons (Fsp3) is 0.706. The average Bonchev–Trinajstić information content (AvgIpc) is 2.96. The van der Waals surface area contributed by atoms with E-state index in [2.05, 4.69) is 32.1 Å². The molecule has 1 aromatic rings. The maximum Gasteiger partial charge on any atom is 0.222 e. The van der Waals surface area contributed by atoms with Gasteiger partial charge in [-0.25, -0.2) is 4.98 Å². The first-order chi connectivity index (χ1) is 11.6. The van der Waals surface area contributed by atoms with Gasteiger partial charge in [-0.3, -0.25) is 9.79 Å². The van der Waals surface area contributed by atoms with Gasteiger partial charge in [0.15, 0.2) is 5.96 Å². The average molecular weight is 334 g/mol. The molecule has 1 aromatic heterocycles. The number of piperidine rings is 1. The summed E-state index contributed by atoms with van der Waals surface area (Å²) in [5, 5.41) is 6.74. The molecule has 0 spiro atoms. The van der Waals surface area contributed by atoms with Gasteiger partial charge in [-0.15, -0.1) is 0 Å². The predicted molar refractivity (Wildman–Crippen MR) is 96.0 cm³/mol. The van der Waals surface area contributed by atoms with Crippen LogP contribution in [0.5, 0.6) is 0 Å². The van der Waals surface area contributed by atoms with Crippen molar-refractivity contribution in [3.63, 3.8) is 0 Å². The predicted octanol–water partition coefficient (Wildman–Crippen LogP) is 1.15. The lowest BCUT2D eigenvalue weighted by atomic mass is 10.1. The fourth-order valence-electron chi connectivity index (χ4n) is 2.87. The number of amides is 1. The summed E-state index contributed by atoms with van der Waals surface area (Å²) in [5.74, 6) is 2.14. The SMILES string of the molecule is CCNC(=NCCCCn1ccnc1C)NC1CCC(=O)N(C)C1. The Morgan fingerprint density at radius 1 is 1.46 bits per heavy atom. The van der Waals surface area contributed by atoms with Crippen LogP contribution < -0.4 is 10.6 Å². The summed E-state index contributed by atoms with van der Waals surface area (Å²) >= 11 is 0. The van der Waals surface area contributed by atoms with Gasteiger partial charge in [0.25, 0.3) is 0 Å². The van der Waals surface area contributed by atoms with Crippen LogP contribution in [-0.4, -0.2) is 59.0 Å². The first-order valence-corrected chi connectivity index (χ1v) is 8.86. The van der Waals surface area contributed by atoms with Crippen molar-refractivity contribution >= 4 is 11.9 Å². The number of likely N-dealkylation sites (tertiary alicyclic amines) is 1. The molecule has 24 heavy (non-hydrogen) atoms. The number of carbonyl (C=O) groups is 1. The highest BCUT2D eigenvalue weighted by Crippen LogP contribution is 2.09. The number of likely N-dealkylation sites (N-methyl/N-ethyl adjacent to an activating group) is 1. The van der Waals surface area contributed by atoms with E-state index in [9.17, 15) is 4.79 Å². The van der Waals surface area contributed by atoms with Gasteiger partial charge in [0.05, 0.1) is 0 Å². The van der Waals surface area contributed by atoms with Crippen molar-refractivity contribution in [3.05, 3.63) is 18.2 Å². The fourth-order valence-corrected chi connectivity index (χ4v) is 2.87. The maximum absolute atomic E-state index is 11.6. The molecule has 2 heterocycles. The maximum atomic E-state index is 11.6. The molecular weight excluding hydrogens is 304 g/mol. The molecule has 0 saturated carbocycles. The van der Waals surface area contributed by atoms with Gasteiger partial charge in [0.2, 0.25) is 5.91 Å². The number of nitrogens with one attached hydrogen (secondary N) is 2. The monoisotopic (exact) mass is 334 g/mol. The van der Waals surface area contributed by atoms with Crippen LogP contribution in [0.15, 0.2) is 17.4 Å². The summed E-state index contributed by atoms with van der Waals surface area (Å²) < 4.78 is 2.17. The lowest BCUT2D eigenvalue weighted by molar-refractivity contribution is -0.132. The lowest BCUT2D eigenvalue weighted by Gasteiger charge is -2.31. The summed E-state index contributed by atoms with van der Waals surface area (Å²) in [4.78, 5) is 22.2. The smallest absolute Gasteiger partial charge is 0.222 e. The normalized spacial score (nSPS) is 18.8. The molecule has 1 unspecified atom stereocenters. The number of hydrogen-bond acceptors (Lipinski definition) is 3. The molecule has 0 radical (unpaired) electrons. The zero-order valence-electron chi connectivity index (χ0n) is 15.1. The number of carbonyl (C=O) groups excluding carboxylic acids is 1. The molecule has 1 amide bonds. The van der Waals surface area contributed by atoms with Crippen LogP contribution in [0.2, 0.25) is 0 Å². The minimum absolute atomic E-state index is 0.227. The standard InChI is InChI=1S/C17H30N6O/c1-4-18-17(21-15-7-8-16(24)22(3)13-15)20-9-5-6-11-23-12-10-19-14(23)2/h10,12,15H,4-9,11,13H2,1-3H3,(H2,18,20,21). The Kier molecular flexibility index (Phi) is 7.08. The van der Waals surface area contributed by atoms with Gasteiger partial charge in [-0.1, -0.05) is 0 Å². The Hall–Kier alpha value is -2.05. The first-order valence-electron chi connectivity index (χ1n) is 8.86. The quantitative estimate of drug-likeness (QED) is 0.446. The summed E-state index contributed by atoms with van der Waals surface area (Å²) in [7, 11) is 1.86. The number of aromatic nitrogens is 2. The Morgan fingerprint density at radius 2 is 2.29 bits per heavy atom. The van der Waals surface area contributed by atoms with Crippen LogP contribution in [0.3, 0.4) is 0 Å². The first kappa shape index (κ1) is 18.3. The van der Waals surface area contributed by atoms with Crippen LogP contribution >= 0.6 is 0 Å². The Balaban J connectivity index is 1.74. The second kappa shape index (κ2) is 9.30. The van der Waals surface area contributed by atoms with E-state index in [1.165, 1.54) is 0 Å². The van der Waals surface area contributed by atoms with Crippen LogP contribution in [0.4, 0.5) is 0 Å². The molecule has 1 aliphatic heterocycles. The van der Waals surface area contributed by atoms with Gasteiger partial charge in [0, 0.05) is 58.1 Å². The van der Waals surface area contributed by atoms with Crippen molar-refractivity contribution in [2.75, 3.05) is 26.7 Å². The highest BCUT2D eigenvalue weighted by atomic mass is 16.2. The summed E-state index contributed by atoms with van der Waals surface area (Å²) in [6.07, 6.45) is 7.46. The van der Waals surface area contributed by atoms with Gasteiger partial charge >= 0.3 is 0 Å². The van der Waals surface area contributed by atoms with E-state index in [-0.39, 0.29) is 11.9 Å². The lowest BCUT2D eigenvalue weighted by Crippen LogP contribution is -2.51. The van der Waals surface area contributed by atoms with Crippen LogP contribution in [0, 0.1) is 6.92 Å². The molecule has 1 aliphatic rings. The molecule has 2 rings (SSSR count). The molecule has 1 atom stereocenters. The molecule has 2 N–H and O–H groups in total. The summed E-state index contributed by atoms with van der Waals surface area (Å²) in [5.41, 5.74) is 0. The molecule has 1 saturated heterocycles. The van der Waals surface area contributed by atoms with Crippen LogP contribution in [0.25, 0.3) is 0 Å². The van der Waals surface area contributed by atoms with Crippen molar-refractivity contribution in [2.45, 2.75) is 52.1 Å². The largest absolute Gasteiger partial charge is 0.357 e. The molecule has 1 fully saturated rings. The third-order valence-electron chi connectivity index (χ3n) is 4.31. The number of unbranched alkanes of at least 4 members (excludes halogenated alkanes) is 1. The number of hydrogen-bond donors (Lipinski definition) is 2. The van der Waals surface area contributed by atoms with Gasteiger partial charge in [-0.2, -0.15) is 0 Å². The van der Waals surface area contributed by atoms with E-state index in [1.807, 2.05) is 26.4 Å². The number of guanidine groups is 1. The highest BCUT2D eigenvalue weighted by Gasteiger charge is 2.23. The molecule has 0 bridgehead atoms. The van der Waals surface area contributed by atoms with Gasteiger partial charge in [0.1, 0.15) is 5.82 Å². The van der Waals surface area contributed by atoms with Crippen molar-refractivity contribution < 1.29 is 4.79 Å². The van der Waals surface area contributed by atoms with Gasteiger partial charge < -0.3 is 20.1 Å². The zero-order chi connectivity index (χ0) is 17.4. The van der Waals surface area contributed by atoms with Crippen molar-refractivity contribution in [2.24, 2.45) is 4.99 Å². The summed E-state index contributed by atoms with van der Waals surface area (Å²) in [6, 6.07) is 0.277. The van der Waals surface area contributed by atoms with E-state index >= 15 is 0 Å². The van der Waals surface area contributed by atoms with Crippen LogP contribution in [0.1, 0.15) is 38.4 Å². The second-order valence-electron chi connectivity index (χ2n) is 6.29. The van der Waals surface area contributed by atoms with Gasteiger partial charge in [-0.05, 0) is 33.1 Å². The van der Waals surface area contributed by atoms with E-state index in [0.717, 1.165) is 57.2 Å². The Morgan fingerprint density at radius 3 is 2.96 bits per heavy atom. The van der Waals surface area contributed by atoms with E-state index in [1.54, 1.807) is 4.90 Å². The number of aryl methyl sites for hydroxylation is 2. The molecule has 7 nitrogen and oxygen atoms in total. The van der Waals surface area contributed by atoms with Crippen LogP contribution in [-0.2, 0) is 11.3 Å². The number of nitrogens with zero attached hydrogens (tertiary/aromatic N) is 4. The number of rotatable bonds is 7.